The zero-order valence-corrected chi connectivity index (χ0v) is 17.2. The average molecular weight is 388 g/mol. The highest BCUT2D eigenvalue weighted by atomic mass is 16.5. The number of fused-ring (bicyclic) bond motifs is 1. The van der Waals surface area contributed by atoms with Crippen LogP contribution in [0.5, 0.6) is 5.75 Å². The molecule has 0 saturated carbocycles. The smallest absolute Gasteiger partial charge is 0.123 e. The van der Waals surface area contributed by atoms with E-state index in [2.05, 4.69) is 59.7 Å². The Morgan fingerprint density at radius 3 is 2.48 bits per heavy atom. The molecule has 4 nitrogen and oxygen atoms in total. The van der Waals surface area contributed by atoms with Gasteiger partial charge in [-0.05, 0) is 41.0 Å². The van der Waals surface area contributed by atoms with E-state index in [0.717, 1.165) is 41.4 Å². The van der Waals surface area contributed by atoms with Crippen LogP contribution in [-0.4, -0.2) is 13.2 Å². The molecular weight excluding hydrogens is 358 g/mol. The molecule has 0 radical (unpaired) electrons. The molecule has 0 fully saturated rings. The molecule has 0 bridgehead atoms. The Labute approximate surface area is 173 Å². The highest BCUT2D eigenvalue weighted by Crippen LogP contribution is 2.29. The van der Waals surface area contributed by atoms with Gasteiger partial charge in [0.2, 0.25) is 0 Å². The zero-order valence-electron chi connectivity index (χ0n) is 17.2. The molecule has 0 atom stereocenters. The highest BCUT2D eigenvalue weighted by molar-refractivity contribution is 5.81. The molecule has 0 aliphatic carbocycles. The normalized spacial score (nSPS) is 12.5. The molecule has 3 aromatic carbocycles. The molecular formula is C25H29N3O. The molecule has 0 aromatic heterocycles. The Morgan fingerprint density at radius 2 is 1.72 bits per heavy atom. The Balaban J connectivity index is 0.00000117. The van der Waals surface area contributed by atoms with E-state index in [0.29, 0.717) is 12.3 Å². The van der Waals surface area contributed by atoms with Gasteiger partial charge in [-0.25, -0.2) is 0 Å². The molecule has 0 spiro atoms. The summed E-state index contributed by atoms with van der Waals surface area (Å²) in [5.74, 6) is 0.971. The van der Waals surface area contributed by atoms with Crippen molar-refractivity contribution in [2.75, 3.05) is 24.2 Å². The molecule has 0 unspecified atom stereocenters. The minimum Gasteiger partial charge on any atom is -0.492 e. The van der Waals surface area contributed by atoms with Crippen LogP contribution in [0.2, 0.25) is 0 Å². The molecule has 1 heterocycles. The fourth-order valence-corrected chi connectivity index (χ4v) is 3.20. The first-order chi connectivity index (χ1) is 14.2. The minimum absolute atomic E-state index is 0.705. The molecule has 0 amide bonds. The number of nitrogen functional groups attached to an aromatic ring is 1. The summed E-state index contributed by atoms with van der Waals surface area (Å²) < 4.78 is 5.76. The maximum absolute atomic E-state index is 5.99. The summed E-state index contributed by atoms with van der Waals surface area (Å²) in [6, 6.07) is 22.4. The number of hydrogen-bond acceptors (Lipinski definition) is 4. The largest absolute Gasteiger partial charge is 0.492 e. The van der Waals surface area contributed by atoms with E-state index >= 15 is 0 Å². The summed E-state index contributed by atoms with van der Waals surface area (Å²) in [7, 11) is 0. The number of nitrogens with one attached hydrogen (secondary N) is 2. The molecule has 0 saturated heterocycles. The van der Waals surface area contributed by atoms with Crippen molar-refractivity contribution in [2.24, 2.45) is 0 Å². The first-order valence-electron chi connectivity index (χ1n) is 10.1. The van der Waals surface area contributed by atoms with Crippen LogP contribution in [0, 0.1) is 0 Å². The first-order valence-corrected chi connectivity index (χ1v) is 10.1. The lowest BCUT2D eigenvalue weighted by atomic mass is 10.0. The number of anilines is 2. The van der Waals surface area contributed by atoms with E-state index < -0.39 is 0 Å². The van der Waals surface area contributed by atoms with Crippen LogP contribution in [0.1, 0.15) is 25.0 Å². The lowest BCUT2D eigenvalue weighted by Crippen LogP contribution is -2.16. The van der Waals surface area contributed by atoms with Gasteiger partial charge in [-0.1, -0.05) is 62.9 Å². The number of nitrogens with two attached hydrogens (primary N) is 1. The van der Waals surface area contributed by atoms with E-state index in [1.165, 1.54) is 11.1 Å². The van der Waals surface area contributed by atoms with Gasteiger partial charge in [0, 0.05) is 24.4 Å². The topological polar surface area (TPSA) is 59.3 Å². The second-order valence-corrected chi connectivity index (χ2v) is 6.62. The molecule has 1 aliphatic heterocycles. The van der Waals surface area contributed by atoms with Crippen LogP contribution in [0.25, 0.3) is 16.8 Å². The quantitative estimate of drug-likeness (QED) is 0.515. The second kappa shape index (κ2) is 9.80. The van der Waals surface area contributed by atoms with Crippen LogP contribution in [0.3, 0.4) is 0 Å². The Hall–Kier alpha value is -3.24. The van der Waals surface area contributed by atoms with Crippen molar-refractivity contribution >= 4 is 17.1 Å². The van der Waals surface area contributed by atoms with E-state index in [1.54, 1.807) is 0 Å². The van der Waals surface area contributed by atoms with E-state index in [-0.39, 0.29) is 0 Å². The molecule has 1 aliphatic rings. The van der Waals surface area contributed by atoms with Crippen molar-refractivity contribution < 1.29 is 4.74 Å². The maximum Gasteiger partial charge on any atom is 0.123 e. The molecule has 4 rings (SSSR count). The molecule has 3 aromatic rings. The Morgan fingerprint density at radius 1 is 1.00 bits per heavy atom. The van der Waals surface area contributed by atoms with Gasteiger partial charge in [-0.15, -0.1) is 0 Å². The molecule has 4 N–H and O–H groups in total. The number of para-hydroxylation sites is 2. The fraction of sp³-hybridized carbons (Fsp3) is 0.200. The van der Waals surface area contributed by atoms with Crippen molar-refractivity contribution in [3.8, 4) is 16.9 Å². The summed E-state index contributed by atoms with van der Waals surface area (Å²) in [5.41, 5.74) is 13.0. The summed E-state index contributed by atoms with van der Waals surface area (Å²) in [4.78, 5) is 0. The van der Waals surface area contributed by atoms with Gasteiger partial charge in [0.15, 0.2) is 0 Å². The van der Waals surface area contributed by atoms with Gasteiger partial charge >= 0.3 is 0 Å². The van der Waals surface area contributed by atoms with Crippen LogP contribution >= 0.6 is 0 Å². The first kappa shape index (κ1) is 20.5. The summed E-state index contributed by atoms with van der Waals surface area (Å²) in [5, 5.41) is 6.67. The Kier molecular flexibility index (Phi) is 6.93. The van der Waals surface area contributed by atoms with Gasteiger partial charge in [0.25, 0.3) is 0 Å². The van der Waals surface area contributed by atoms with E-state index in [1.807, 2.05) is 38.1 Å². The lowest BCUT2D eigenvalue weighted by Gasteiger charge is -2.13. The number of rotatable bonds is 4. The summed E-state index contributed by atoms with van der Waals surface area (Å²) in [6.45, 7) is 10.6. The minimum atomic E-state index is 0.705. The van der Waals surface area contributed by atoms with E-state index in [9.17, 15) is 0 Å². The van der Waals surface area contributed by atoms with Gasteiger partial charge in [0.05, 0.1) is 11.4 Å². The molecule has 29 heavy (non-hydrogen) atoms. The van der Waals surface area contributed by atoms with Crippen LogP contribution < -0.4 is 21.1 Å². The van der Waals surface area contributed by atoms with Crippen LogP contribution in [0.4, 0.5) is 11.4 Å². The third kappa shape index (κ3) is 4.98. The summed E-state index contributed by atoms with van der Waals surface area (Å²) in [6.07, 6.45) is 0. The van der Waals surface area contributed by atoms with Crippen LogP contribution in [-0.2, 0) is 6.54 Å². The molecule has 150 valence electrons. The predicted octanol–water partition coefficient (Wildman–Crippen LogP) is 5.53. The van der Waals surface area contributed by atoms with Crippen molar-refractivity contribution in [2.45, 2.75) is 20.4 Å². The third-order valence-corrected chi connectivity index (χ3v) is 4.73. The Bertz CT molecular complexity index is 964. The maximum atomic E-state index is 5.99. The van der Waals surface area contributed by atoms with Crippen molar-refractivity contribution in [1.82, 2.24) is 5.32 Å². The van der Waals surface area contributed by atoms with Crippen molar-refractivity contribution in [3.63, 3.8) is 0 Å². The molecule has 4 heteroatoms. The van der Waals surface area contributed by atoms with Gasteiger partial charge in [-0.2, -0.15) is 0 Å². The van der Waals surface area contributed by atoms with Crippen molar-refractivity contribution in [3.05, 3.63) is 84.4 Å². The number of ether oxygens (including phenoxy) is 1. The fourth-order valence-electron chi connectivity index (χ4n) is 3.20. The summed E-state index contributed by atoms with van der Waals surface area (Å²) >= 11 is 0. The number of hydrogen-bond donors (Lipinski definition) is 3. The van der Waals surface area contributed by atoms with Gasteiger partial charge < -0.3 is 21.1 Å². The zero-order chi connectivity index (χ0) is 20.6. The third-order valence-electron chi connectivity index (χ3n) is 4.73. The monoisotopic (exact) mass is 387 g/mol. The standard InChI is InChI=1S/C23H23N3O.C2H6/c1-16(26-22-5-3-2-4-21(22)24)17-6-8-18(9-7-17)19-10-11-23-20(14-19)15-25-12-13-27-23;1-2/h2-11,14,25-26H,1,12-13,15,24H2;1-2H3. The highest BCUT2D eigenvalue weighted by Gasteiger charge is 2.10. The number of benzene rings is 3. The van der Waals surface area contributed by atoms with Gasteiger partial charge in [-0.3, -0.25) is 0 Å². The SMILES string of the molecule is C=C(Nc1ccccc1N)c1ccc(-c2ccc3c(c2)CNCCO3)cc1.CC. The van der Waals surface area contributed by atoms with Gasteiger partial charge in [0.1, 0.15) is 12.4 Å². The second-order valence-electron chi connectivity index (χ2n) is 6.62. The van der Waals surface area contributed by atoms with E-state index in [4.69, 9.17) is 10.5 Å². The van der Waals surface area contributed by atoms with Crippen LogP contribution in [0.15, 0.2) is 73.3 Å². The lowest BCUT2D eigenvalue weighted by molar-refractivity contribution is 0.326. The predicted molar refractivity (Wildman–Crippen MR) is 124 cm³/mol. The average Bonchev–Trinajstić information content (AvgIpc) is 3.02. The van der Waals surface area contributed by atoms with Crippen molar-refractivity contribution in [1.29, 1.82) is 0 Å².